The van der Waals surface area contributed by atoms with E-state index < -0.39 is 0 Å². The number of hydrogen-bond donors (Lipinski definition) is 1. The molecule has 2 saturated heterocycles. The van der Waals surface area contributed by atoms with E-state index in [2.05, 4.69) is 54.9 Å². The fourth-order valence-corrected chi connectivity index (χ4v) is 4.24. The normalized spacial score (nSPS) is 27.2. The lowest BCUT2D eigenvalue weighted by molar-refractivity contribution is 0.119. The molecule has 1 N–H and O–H groups in total. The van der Waals surface area contributed by atoms with Crippen LogP contribution < -0.4 is 5.32 Å². The van der Waals surface area contributed by atoms with Crippen LogP contribution in [-0.4, -0.2) is 86.6 Å². The average molecular weight is 338 g/mol. The molecular weight excluding hydrogens is 298 g/mol. The van der Waals surface area contributed by atoms with Gasteiger partial charge < -0.3 is 15.1 Å². The Labute approximate surface area is 149 Å². The predicted molar refractivity (Wildman–Crippen MR) is 104 cm³/mol. The molecular formula is C19H39N5. The molecule has 0 radical (unpaired) electrons. The summed E-state index contributed by atoms with van der Waals surface area (Å²) in [5, 5.41) is 3.53. The first-order valence-electron chi connectivity index (χ1n) is 10.0. The second kappa shape index (κ2) is 9.62. The predicted octanol–water partition coefficient (Wildman–Crippen LogP) is 1.96. The van der Waals surface area contributed by atoms with Crippen molar-refractivity contribution in [1.29, 1.82) is 0 Å². The Bertz CT molecular complexity index is 393. The van der Waals surface area contributed by atoms with E-state index in [0.717, 1.165) is 50.5 Å². The number of nitrogens with one attached hydrogen (secondary N) is 1. The third-order valence-corrected chi connectivity index (χ3v) is 6.01. The summed E-state index contributed by atoms with van der Waals surface area (Å²) >= 11 is 0. The molecule has 5 nitrogen and oxygen atoms in total. The zero-order valence-corrected chi connectivity index (χ0v) is 16.6. The van der Waals surface area contributed by atoms with E-state index in [4.69, 9.17) is 4.99 Å². The van der Waals surface area contributed by atoms with Gasteiger partial charge in [0.2, 0.25) is 0 Å². The topological polar surface area (TPSA) is 34.1 Å². The Balaban J connectivity index is 1.96. The fourth-order valence-electron chi connectivity index (χ4n) is 4.24. The minimum Gasteiger partial charge on any atom is -0.357 e. The molecule has 0 aromatic rings. The number of likely N-dealkylation sites (tertiary alicyclic amines) is 1. The minimum atomic E-state index is 0.537. The summed E-state index contributed by atoms with van der Waals surface area (Å²) in [6.45, 7) is 14.5. The Kier molecular flexibility index (Phi) is 7.82. The van der Waals surface area contributed by atoms with Crippen molar-refractivity contribution in [3.63, 3.8) is 0 Å². The number of guanidine groups is 1. The van der Waals surface area contributed by atoms with Crippen LogP contribution in [0.15, 0.2) is 4.99 Å². The molecule has 2 atom stereocenters. The van der Waals surface area contributed by atoms with Crippen LogP contribution in [0.1, 0.15) is 40.0 Å². The standard InChI is InChI=1S/C19H39N5/c1-6-16(7-2)17-9-10-24(14-17)19(20-8-3)21-13-18-15-22(4)11-12-23(18)5/h16-18H,6-15H2,1-5H3,(H,20,21). The van der Waals surface area contributed by atoms with Gasteiger partial charge in [0.25, 0.3) is 0 Å². The number of piperazine rings is 1. The summed E-state index contributed by atoms with van der Waals surface area (Å²) in [4.78, 5) is 12.4. The highest BCUT2D eigenvalue weighted by Gasteiger charge is 2.29. The molecule has 0 aliphatic carbocycles. The zero-order chi connectivity index (χ0) is 17.5. The maximum Gasteiger partial charge on any atom is 0.193 e. The van der Waals surface area contributed by atoms with E-state index in [1.54, 1.807) is 0 Å². The van der Waals surface area contributed by atoms with Crippen LogP contribution in [-0.2, 0) is 0 Å². The summed E-state index contributed by atoms with van der Waals surface area (Å²) in [6, 6.07) is 0.537. The number of hydrogen-bond acceptors (Lipinski definition) is 3. The lowest BCUT2D eigenvalue weighted by Crippen LogP contribution is -2.51. The first kappa shape index (κ1) is 19.5. The van der Waals surface area contributed by atoms with Gasteiger partial charge in [-0.3, -0.25) is 9.89 Å². The first-order valence-corrected chi connectivity index (χ1v) is 10.0. The van der Waals surface area contributed by atoms with Gasteiger partial charge in [0.05, 0.1) is 6.54 Å². The van der Waals surface area contributed by atoms with Crippen molar-refractivity contribution in [2.45, 2.75) is 46.1 Å². The molecule has 0 aromatic heterocycles. The van der Waals surface area contributed by atoms with Crippen LogP contribution in [0, 0.1) is 11.8 Å². The average Bonchev–Trinajstić information content (AvgIpc) is 3.05. The van der Waals surface area contributed by atoms with E-state index in [0.29, 0.717) is 6.04 Å². The third-order valence-electron chi connectivity index (χ3n) is 6.01. The molecule has 2 unspecified atom stereocenters. The second-order valence-electron chi connectivity index (χ2n) is 7.66. The largest absolute Gasteiger partial charge is 0.357 e. The van der Waals surface area contributed by atoms with Crippen LogP contribution in [0.25, 0.3) is 0 Å². The van der Waals surface area contributed by atoms with Crippen molar-refractivity contribution in [3.05, 3.63) is 0 Å². The SMILES string of the molecule is CCNC(=NCC1CN(C)CCN1C)N1CCC(C(CC)CC)C1. The minimum absolute atomic E-state index is 0.537. The Morgan fingerprint density at radius 1 is 1.08 bits per heavy atom. The molecule has 0 spiro atoms. The smallest absolute Gasteiger partial charge is 0.193 e. The van der Waals surface area contributed by atoms with Crippen LogP contribution in [0.5, 0.6) is 0 Å². The summed E-state index contributed by atoms with van der Waals surface area (Å²) in [6.07, 6.45) is 3.94. The fraction of sp³-hybridized carbons (Fsp3) is 0.947. The van der Waals surface area contributed by atoms with Gasteiger partial charge in [0.1, 0.15) is 0 Å². The van der Waals surface area contributed by atoms with E-state index in [9.17, 15) is 0 Å². The molecule has 0 saturated carbocycles. The van der Waals surface area contributed by atoms with Crippen molar-refractivity contribution in [2.24, 2.45) is 16.8 Å². The molecule has 2 aliphatic heterocycles. The van der Waals surface area contributed by atoms with Crippen molar-refractivity contribution in [2.75, 3.05) is 59.9 Å². The summed E-state index contributed by atoms with van der Waals surface area (Å²) in [5.41, 5.74) is 0. The summed E-state index contributed by atoms with van der Waals surface area (Å²) in [5.74, 6) is 2.84. The molecule has 2 fully saturated rings. The Morgan fingerprint density at radius 3 is 2.50 bits per heavy atom. The van der Waals surface area contributed by atoms with Crippen LogP contribution in [0.4, 0.5) is 0 Å². The molecule has 24 heavy (non-hydrogen) atoms. The highest BCUT2D eigenvalue weighted by Crippen LogP contribution is 2.28. The van der Waals surface area contributed by atoms with Crippen molar-refractivity contribution in [1.82, 2.24) is 20.0 Å². The van der Waals surface area contributed by atoms with Crippen LogP contribution >= 0.6 is 0 Å². The number of rotatable bonds is 6. The Morgan fingerprint density at radius 2 is 1.83 bits per heavy atom. The number of nitrogens with zero attached hydrogens (tertiary/aromatic N) is 4. The summed E-state index contributed by atoms with van der Waals surface area (Å²) in [7, 11) is 4.45. The molecule has 0 amide bonds. The van der Waals surface area contributed by atoms with E-state index in [-0.39, 0.29) is 0 Å². The second-order valence-corrected chi connectivity index (χ2v) is 7.66. The molecule has 2 heterocycles. The number of aliphatic imine (C=N–C) groups is 1. The summed E-state index contributed by atoms with van der Waals surface area (Å²) < 4.78 is 0. The molecule has 0 bridgehead atoms. The van der Waals surface area contributed by atoms with Crippen molar-refractivity contribution >= 4 is 5.96 Å². The Hall–Kier alpha value is -0.810. The third kappa shape index (κ3) is 5.09. The van der Waals surface area contributed by atoms with E-state index in [1.165, 1.54) is 32.4 Å². The molecule has 140 valence electrons. The monoisotopic (exact) mass is 337 g/mol. The highest BCUT2D eigenvalue weighted by atomic mass is 15.3. The van der Waals surface area contributed by atoms with Gasteiger partial charge in [-0.05, 0) is 39.3 Å². The van der Waals surface area contributed by atoms with Crippen LogP contribution in [0.2, 0.25) is 0 Å². The molecule has 0 aromatic carbocycles. The van der Waals surface area contributed by atoms with Gasteiger partial charge in [-0.1, -0.05) is 26.7 Å². The van der Waals surface area contributed by atoms with Crippen LogP contribution in [0.3, 0.4) is 0 Å². The van der Waals surface area contributed by atoms with Gasteiger partial charge in [0, 0.05) is 45.3 Å². The molecule has 2 aliphatic rings. The van der Waals surface area contributed by atoms with E-state index in [1.807, 2.05) is 0 Å². The lowest BCUT2D eigenvalue weighted by Gasteiger charge is -2.37. The zero-order valence-electron chi connectivity index (χ0n) is 16.6. The van der Waals surface area contributed by atoms with E-state index >= 15 is 0 Å². The molecule has 5 heteroatoms. The maximum absolute atomic E-state index is 5.01. The maximum atomic E-state index is 5.01. The highest BCUT2D eigenvalue weighted by molar-refractivity contribution is 5.80. The van der Waals surface area contributed by atoms with Gasteiger partial charge in [-0.2, -0.15) is 0 Å². The van der Waals surface area contributed by atoms with Gasteiger partial charge in [0.15, 0.2) is 5.96 Å². The van der Waals surface area contributed by atoms with Gasteiger partial charge in [-0.15, -0.1) is 0 Å². The lowest BCUT2D eigenvalue weighted by atomic mass is 9.87. The van der Waals surface area contributed by atoms with Crippen molar-refractivity contribution in [3.8, 4) is 0 Å². The van der Waals surface area contributed by atoms with Gasteiger partial charge in [-0.25, -0.2) is 0 Å². The number of likely N-dealkylation sites (N-methyl/N-ethyl adjacent to an activating group) is 2. The first-order chi connectivity index (χ1) is 11.6. The van der Waals surface area contributed by atoms with Gasteiger partial charge >= 0.3 is 0 Å². The quantitative estimate of drug-likeness (QED) is 0.593. The van der Waals surface area contributed by atoms with Crippen molar-refractivity contribution < 1.29 is 0 Å². The molecule has 2 rings (SSSR count).